The Morgan fingerprint density at radius 1 is 0.518 bits per heavy atom. The van der Waals surface area contributed by atoms with Crippen molar-refractivity contribution in [2.24, 2.45) is 0 Å². The number of rotatable bonds is 43. The quantitative estimate of drug-likeness (QED) is 0.0325. The molecular formula is C50H93NO5. The fourth-order valence-corrected chi connectivity index (χ4v) is 7.22. The van der Waals surface area contributed by atoms with Crippen molar-refractivity contribution < 1.29 is 24.5 Å². The van der Waals surface area contributed by atoms with Crippen molar-refractivity contribution in [3.05, 3.63) is 36.5 Å². The first-order valence-corrected chi connectivity index (χ1v) is 24.2. The summed E-state index contributed by atoms with van der Waals surface area (Å²) in [6, 6.07) is -0.705. The smallest absolute Gasteiger partial charge is 0.306 e. The van der Waals surface area contributed by atoms with Crippen LogP contribution in [0.25, 0.3) is 0 Å². The molecule has 0 spiro atoms. The number of amides is 1. The molecule has 0 aromatic heterocycles. The van der Waals surface area contributed by atoms with Gasteiger partial charge in [-0.25, -0.2) is 0 Å². The Balaban J connectivity index is 4.64. The van der Waals surface area contributed by atoms with Gasteiger partial charge in [0.2, 0.25) is 5.91 Å². The van der Waals surface area contributed by atoms with Crippen molar-refractivity contribution in [3.8, 4) is 0 Å². The van der Waals surface area contributed by atoms with Gasteiger partial charge in [0.15, 0.2) is 0 Å². The maximum atomic E-state index is 13.1. The number of esters is 1. The minimum atomic E-state index is -0.790. The van der Waals surface area contributed by atoms with Gasteiger partial charge in [-0.1, -0.05) is 186 Å². The number of aliphatic hydroxyl groups excluding tert-OH is 2. The zero-order chi connectivity index (χ0) is 41.0. The monoisotopic (exact) mass is 788 g/mol. The summed E-state index contributed by atoms with van der Waals surface area (Å²) < 4.78 is 5.90. The van der Waals surface area contributed by atoms with Gasteiger partial charge in [-0.3, -0.25) is 9.59 Å². The highest BCUT2D eigenvalue weighted by atomic mass is 16.5. The lowest BCUT2D eigenvalue weighted by Crippen LogP contribution is -2.46. The van der Waals surface area contributed by atoms with Crippen LogP contribution in [-0.4, -0.2) is 46.9 Å². The van der Waals surface area contributed by atoms with Crippen LogP contribution in [0.3, 0.4) is 0 Å². The molecule has 0 aliphatic heterocycles. The van der Waals surface area contributed by atoms with Gasteiger partial charge in [0.05, 0.1) is 25.2 Å². The minimum Gasteiger partial charge on any atom is -0.462 e. The second-order valence-electron chi connectivity index (χ2n) is 16.5. The lowest BCUT2D eigenvalue weighted by molar-refractivity contribution is -0.151. The van der Waals surface area contributed by atoms with Crippen LogP contribution < -0.4 is 5.32 Å². The molecule has 0 radical (unpaired) electrons. The van der Waals surface area contributed by atoms with Crippen molar-refractivity contribution >= 4 is 11.9 Å². The van der Waals surface area contributed by atoms with Gasteiger partial charge >= 0.3 is 5.97 Å². The van der Waals surface area contributed by atoms with Crippen LogP contribution >= 0.6 is 0 Å². The molecule has 56 heavy (non-hydrogen) atoms. The standard InChI is InChI=1S/C50H93NO5/c1-4-7-10-13-16-19-21-23-24-26-27-30-32-35-38-41-46(56-50(55)43-40-37-34-31-28-25-22-20-17-14-11-8-5-2)44-49(54)51-47(45-52)48(53)42-39-36-33-29-18-15-12-9-6-3/h16,19,23-25,28,46-48,52-53H,4-15,17-18,20-22,26-27,29-45H2,1-3H3,(H,51,54)/b19-16-,24-23-,28-25-. The summed E-state index contributed by atoms with van der Waals surface area (Å²) in [5.74, 6) is -0.503. The molecular weight excluding hydrogens is 695 g/mol. The van der Waals surface area contributed by atoms with E-state index in [9.17, 15) is 19.8 Å². The summed E-state index contributed by atoms with van der Waals surface area (Å²) in [6.07, 6.45) is 50.6. The third-order valence-electron chi connectivity index (χ3n) is 10.9. The van der Waals surface area contributed by atoms with Gasteiger partial charge in [-0.2, -0.15) is 0 Å². The van der Waals surface area contributed by atoms with Gasteiger partial charge in [0, 0.05) is 6.42 Å². The van der Waals surface area contributed by atoms with E-state index in [2.05, 4.69) is 62.5 Å². The third kappa shape index (κ3) is 38.9. The summed E-state index contributed by atoms with van der Waals surface area (Å²) in [7, 11) is 0. The molecule has 0 fully saturated rings. The van der Waals surface area contributed by atoms with Gasteiger partial charge in [0.25, 0.3) is 0 Å². The normalized spacial score (nSPS) is 13.6. The number of nitrogens with one attached hydrogen (secondary N) is 1. The molecule has 3 unspecified atom stereocenters. The lowest BCUT2D eigenvalue weighted by atomic mass is 10.0. The van der Waals surface area contributed by atoms with E-state index in [1.165, 1.54) is 122 Å². The van der Waals surface area contributed by atoms with Crippen molar-refractivity contribution in [2.75, 3.05) is 6.61 Å². The minimum absolute atomic E-state index is 0.0637. The van der Waals surface area contributed by atoms with Crippen LogP contribution in [0.2, 0.25) is 0 Å². The van der Waals surface area contributed by atoms with Gasteiger partial charge in [-0.15, -0.1) is 0 Å². The van der Waals surface area contributed by atoms with Crippen molar-refractivity contribution in [2.45, 2.75) is 264 Å². The second-order valence-corrected chi connectivity index (χ2v) is 16.5. The molecule has 0 aliphatic rings. The molecule has 328 valence electrons. The van der Waals surface area contributed by atoms with E-state index in [1.807, 2.05) is 0 Å². The zero-order valence-corrected chi connectivity index (χ0v) is 37.3. The van der Waals surface area contributed by atoms with Crippen molar-refractivity contribution in [3.63, 3.8) is 0 Å². The number of carbonyl (C=O) groups is 2. The lowest BCUT2D eigenvalue weighted by Gasteiger charge is -2.24. The Labute approximate surface area is 347 Å². The Hall–Kier alpha value is -1.92. The first-order valence-electron chi connectivity index (χ1n) is 24.2. The molecule has 1 amide bonds. The molecule has 6 heteroatoms. The molecule has 0 aliphatic carbocycles. The van der Waals surface area contributed by atoms with Crippen molar-refractivity contribution in [1.29, 1.82) is 0 Å². The summed E-state index contributed by atoms with van der Waals surface area (Å²) >= 11 is 0. The largest absolute Gasteiger partial charge is 0.462 e. The average Bonchev–Trinajstić information content (AvgIpc) is 3.19. The Kier molecular flexibility index (Phi) is 42.7. The molecule has 0 heterocycles. The SMILES string of the molecule is CCCCC/C=C\C/C=C\CCCCCCCC(CC(=O)NC(CO)C(O)CCCCCCCCCCC)OC(=O)CCCCC/C=C\CCCCCCCC. The predicted octanol–water partition coefficient (Wildman–Crippen LogP) is 14.1. The number of allylic oxidation sites excluding steroid dienone is 6. The van der Waals surface area contributed by atoms with E-state index in [0.29, 0.717) is 19.3 Å². The van der Waals surface area contributed by atoms with E-state index in [-0.39, 0.29) is 24.9 Å². The van der Waals surface area contributed by atoms with E-state index in [1.54, 1.807) is 0 Å². The molecule has 0 aromatic rings. The third-order valence-corrected chi connectivity index (χ3v) is 10.9. The van der Waals surface area contributed by atoms with Crippen LogP contribution in [0, 0.1) is 0 Å². The van der Waals surface area contributed by atoms with E-state index >= 15 is 0 Å². The van der Waals surface area contributed by atoms with Crippen LogP contribution in [-0.2, 0) is 14.3 Å². The van der Waals surface area contributed by atoms with E-state index in [0.717, 1.165) is 77.0 Å². The van der Waals surface area contributed by atoms with Crippen LogP contribution in [0.5, 0.6) is 0 Å². The number of hydrogen-bond acceptors (Lipinski definition) is 5. The number of aliphatic hydroxyl groups is 2. The first-order chi connectivity index (χ1) is 27.5. The molecule has 0 saturated carbocycles. The first kappa shape index (κ1) is 54.1. The Morgan fingerprint density at radius 2 is 0.911 bits per heavy atom. The van der Waals surface area contributed by atoms with Gasteiger partial charge in [0.1, 0.15) is 6.10 Å². The number of hydrogen-bond donors (Lipinski definition) is 3. The van der Waals surface area contributed by atoms with Gasteiger partial charge in [-0.05, 0) is 83.5 Å². The molecule has 0 saturated heterocycles. The highest BCUT2D eigenvalue weighted by Gasteiger charge is 2.24. The Bertz CT molecular complexity index is 930. The number of ether oxygens (including phenoxy) is 1. The van der Waals surface area contributed by atoms with Gasteiger partial charge < -0.3 is 20.3 Å². The van der Waals surface area contributed by atoms with E-state index < -0.39 is 18.2 Å². The summed E-state index contributed by atoms with van der Waals surface area (Å²) in [5, 5.41) is 23.6. The zero-order valence-electron chi connectivity index (χ0n) is 37.3. The van der Waals surface area contributed by atoms with Crippen LogP contribution in [0.1, 0.15) is 245 Å². The summed E-state index contributed by atoms with van der Waals surface area (Å²) in [4.78, 5) is 26.0. The van der Waals surface area contributed by atoms with E-state index in [4.69, 9.17) is 4.74 Å². The number of carbonyl (C=O) groups excluding carboxylic acids is 2. The fraction of sp³-hybridized carbons (Fsp3) is 0.840. The molecule has 0 bridgehead atoms. The summed E-state index contributed by atoms with van der Waals surface area (Å²) in [6.45, 7) is 6.42. The molecule has 3 atom stereocenters. The topological polar surface area (TPSA) is 95.9 Å². The summed E-state index contributed by atoms with van der Waals surface area (Å²) in [5.41, 5.74) is 0. The highest BCUT2D eigenvalue weighted by Crippen LogP contribution is 2.17. The molecule has 6 nitrogen and oxygen atoms in total. The van der Waals surface area contributed by atoms with Crippen LogP contribution in [0.4, 0.5) is 0 Å². The highest BCUT2D eigenvalue weighted by molar-refractivity contribution is 5.77. The maximum absolute atomic E-state index is 13.1. The number of unbranched alkanes of at least 4 members (excludes halogenated alkanes) is 25. The molecule has 0 rings (SSSR count). The predicted molar refractivity (Wildman–Crippen MR) is 241 cm³/mol. The maximum Gasteiger partial charge on any atom is 0.306 e. The van der Waals surface area contributed by atoms with Crippen molar-refractivity contribution in [1.82, 2.24) is 5.32 Å². The fourth-order valence-electron chi connectivity index (χ4n) is 7.22. The molecule has 3 N–H and O–H groups in total. The van der Waals surface area contributed by atoms with Crippen LogP contribution in [0.15, 0.2) is 36.5 Å². The Morgan fingerprint density at radius 3 is 1.41 bits per heavy atom. The average molecular weight is 788 g/mol. The molecule has 0 aromatic carbocycles. The second kappa shape index (κ2) is 44.2.